The summed E-state index contributed by atoms with van der Waals surface area (Å²) in [4.78, 5) is 40.2. The first-order chi connectivity index (χ1) is 13.9. The number of benzene rings is 1. The molecule has 1 aliphatic carbocycles. The minimum atomic E-state index is -1.04. The maximum Gasteiger partial charge on any atom is 0.325 e. The van der Waals surface area contributed by atoms with Crippen LogP contribution < -0.4 is 5.32 Å². The van der Waals surface area contributed by atoms with Crippen molar-refractivity contribution in [3.05, 3.63) is 58.4 Å². The number of nitrogens with one attached hydrogen (secondary N) is 1. The minimum absolute atomic E-state index is 0.204. The van der Waals surface area contributed by atoms with E-state index in [0.29, 0.717) is 12.0 Å². The first-order valence-corrected chi connectivity index (χ1v) is 10.3. The van der Waals surface area contributed by atoms with Crippen LogP contribution in [0.2, 0.25) is 0 Å². The molecular formula is C23H27N3O3. The summed E-state index contributed by atoms with van der Waals surface area (Å²) in [6, 6.07) is 9.14. The Hall–Kier alpha value is -2.89. The molecule has 0 bridgehead atoms. The molecule has 1 unspecified atom stereocenters. The van der Waals surface area contributed by atoms with Crippen LogP contribution >= 0.6 is 0 Å². The van der Waals surface area contributed by atoms with Gasteiger partial charge < -0.3 is 9.88 Å². The van der Waals surface area contributed by atoms with Gasteiger partial charge in [-0.2, -0.15) is 0 Å². The van der Waals surface area contributed by atoms with Gasteiger partial charge in [0.15, 0.2) is 5.78 Å². The zero-order valence-electron chi connectivity index (χ0n) is 17.2. The second-order valence-corrected chi connectivity index (χ2v) is 8.10. The van der Waals surface area contributed by atoms with Crippen LogP contribution in [0.3, 0.4) is 0 Å². The minimum Gasteiger partial charge on any atom is -0.348 e. The van der Waals surface area contributed by atoms with Crippen molar-refractivity contribution < 1.29 is 14.4 Å². The number of imide groups is 1. The monoisotopic (exact) mass is 393 g/mol. The molecule has 2 heterocycles. The summed E-state index contributed by atoms with van der Waals surface area (Å²) in [7, 11) is 0. The first kappa shape index (κ1) is 19.4. The number of hydrogen-bond acceptors (Lipinski definition) is 3. The molecule has 29 heavy (non-hydrogen) atoms. The summed E-state index contributed by atoms with van der Waals surface area (Å²) < 4.78 is 2.11. The van der Waals surface area contributed by atoms with Gasteiger partial charge in [-0.1, -0.05) is 31.2 Å². The van der Waals surface area contributed by atoms with Gasteiger partial charge in [0.2, 0.25) is 0 Å². The van der Waals surface area contributed by atoms with E-state index >= 15 is 0 Å². The fourth-order valence-electron chi connectivity index (χ4n) is 4.83. The predicted octanol–water partition coefficient (Wildman–Crippen LogP) is 3.48. The Morgan fingerprint density at radius 1 is 1.21 bits per heavy atom. The predicted molar refractivity (Wildman–Crippen MR) is 110 cm³/mol. The summed E-state index contributed by atoms with van der Waals surface area (Å²) in [6.45, 7) is 6.59. The molecule has 4 rings (SSSR count). The number of Topliss-reactive ketones (excluding diaryl/α,β-unsaturated/α-hetero) is 1. The third-order valence-corrected chi connectivity index (χ3v) is 6.27. The summed E-state index contributed by atoms with van der Waals surface area (Å²) >= 11 is 0. The topological polar surface area (TPSA) is 71.4 Å². The number of urea groups is 1. The van der Waals surface area contributed by atoms with E-state index in [1.807, 2.05) is 44.2 Å². The van der Waals surface area contributed by atoms with Crippen LogP contribution in [0.5, 0.6) is 0 Å². The van der Waals surface area contributed by atoms with Crippen LogP contribution in [0.1, 0.15) is 59.1 Å². The quantitative estimate of drug-likeness (QED) is 0.624. The Balaban J connectivity index is 1.62. The molecule has 1 N–H and O–H groups in total. The fraction of sp³-hybridized carbons (Fsp3) is 0.435. The van der Waals surface area contributed by atoms with Crippen molar-refractivity contribution in [3.8, 4) is 0 Å². The maximum atomic E-state index is 13.4. The Labute approximate surface area is 170 Å². The number of nitrogens with zero attached hydrogens (tertiary/aromatic N) is 2. The number of aromatic nitrogens is 1. The average molecular weight is 393 g/mol. The van der Waals surface area contributed by atoms with Crippen molar-refractivity contribution in [2.24, 2.45) is 0 Å². The molecule has 2 aromatic rings. The van der Waals surface area contributed by atoms with Crippen molar-refractivity contribution in [1.82, 2.24) is 14.8 Å². The molecular weight excluding hydrogens is 366 g/mol. The molecule has 1 atom stereocenters. The van der Waals surface area contributed by atoms with Crippen molar-refractivity contribution >= 4 is 17.7 Å². The van der Waals surface area contributed by atoms with E-state index in [1.165, 1.54) is 0 Å². The molecule has 1 aliphatic heterocycles. The summed E-state index contributed by atoms with van der Waals surface area (Å²) in [5.74, 6) is -0.518. The number of rotatable bonds is 5. The number of carbonyl (C=O) groups is 3. The maximum absolute atomic E-state index is 13.4. The van der Waals surface area contributed by atoms with Gasteiger partial charge in [0.05, 0.1) is 6.54 Å². The molecule has 152 valence electrons. The first-order valence-electron chi connectivity index (χ1n) is 10.3. The van der Waals surface area contributed by atoms with E-state index in [4.69, 9.17) is 0 Å². The Morgan fingerprint density at radius 3 is 2.72 bits per heavy atom. The number of ketones is 1. The number of amides is 3. The summed E-state index contributed by atoms with van der Waals surface area (Å²) in [5.41, 5.74) is 3.40. The molecule has 3 amide bonds. The smallest absolute Gasteiger partial charge is 0.325 e. The van der Waals surface area contributed by atoms with Crippen LogP contribution in [0.25, 0.3) is 0 Å². The van der Waals surface area contributed by atoms with Crippen LogP contribution in [-0.2, 0) is 23.3 Å². The van der Waals surface area contributed by atoms with Gasteiger partial charge in [-0.25, -0.2) is 4.79 Å². The van der Waals surface area contributed by atoms with Gasteiger partial charge in [-0.15, -0.1) is 0 Å². The van der Waals surface area contributed by atoms with Crippen LogP contribution in [0.15, 0.2) is 30.3 Å². The van der Waals surface area contributed by atoms with Gasteiger partial charge >= 0.3 is 6.03 Å². The number of fused-ring (bicyclic) bond motifs is 2. The van der Waals surface area contributed by atoms with Crippen molar-refractivity contribution in [1.29, 1.82) is 0 Å². The third-order valence-electron chi connectivity index (χ3n) is 6.27. The molecule has 6 heteroatoms. The highest BCUT2D eigenvalue weighted by molar-refractivity contribution is 6.11. The molecule has 0 radical (unpaired) electrons. The Kier molecular flexibility index (Phi) is 4.81. The van der Waals surface area contributed by atoms with E-state index in [-0.39, 0.29) is 18.2 Å². The van der Waals surface area contributed by atoms with E-state index < -0.39 is 11.6 Å². The lowest BCUT2D eigenvalue weighted by atomic mass is 9.76. The molecule has 1 saturated heterocycles. The van der Waals surface area contributed by atoms with Crippen molar-refractivity contribution in [2.45, 2.75) is 58.5 Å². The number of carbonyl (C=O) groups excluding carboxylic acids is 3. The van der Waals surface area contributed by atoms with E-state index in [2.05, 4.69) is 16.8 Å². The lowest BCUT2D eigenvalue weighted by Gasteiger charge is -2.33. The number of hydrogen-bond donors (Lipinski definition) is 1. The number of aryl methyl sites for hydroxylation is 2. The molecule has 1 fully saturated rings. The molecule has 1 aromatic heterocycles. The van der Waals surface area contributed by atoms with E-state index in [0.717, 1.165) is 53.2 Å². The second-order valence-electron chi connectivity index (χ2n) is 8.10. The highest BCUT2D eigenvalue weighted by Crippen LogP contribution is 2.39. The van der Waals surface area contributed by atoms with Crippen LogP contribution in [-0.4, -0.2) is 33.7 Å². The highest BCUT2D eigenvalue weighted by atomic mass is 16.2. The van der Waals surface area contributed by atoms with Gasteiger partial charge in [-0.3, -0.25) is 14.5 Å². The van der Waals surface area contributed by atoms with Gasteiger partial charge in [-0.05, 0) is 56.7 Å². The molecule has 6 nitrogen and oxygen atoms in total. The van der Waals surface area contributed by atoms with Crippen molar-refractivity contribution in [2.75, 3.05) is 6.54 Å². The standard InChI is InChI=1S/C23H27N3O3/c1-4-12-25-15(2)13-18(16(25)3)20(27)14-26-21(28)23(24-22(26)29)11-7-9-17-8-5-6-10-19(17)23/h5-6,8,10,13H,4,7,9,11-12,14H2,1-3H3,(H,24,29). The van der Waals surface area contributed by atoms with Crippen LogP contribution in [0, 0.1) is 13.8 Å². The zero-order chi connectivity index (χ0) is 20.8. The van der Waals surface area contributed by atoms with Gasteiger partial charge in [0, 0.05) is 23.5 Å². The molecule has 0 saturated carbocycles. The molecule has 1 spiro atoms. The Bertz CT molecular complexity index is 1010. The van der Waals surface area contributed by atoms with E-state index in [9.17, 15) is 14.4 Å². The summed E-state index contributed by atoms with van der Waals surface area (Å²) in [6.07, 6.45) is 3.25. The third kappa shape index (κ3) is 2.98. The lowest BCUT2D eigenvalue weighted by Crippen LogP contribution is -2.46. The largest absolute Gasteiger partial charge is 0.348 e. The average Bonchev–Trinajstić information content (AvgIpc) is 3.12. The van der Waals surface area contributed by atoms with Gasteiger partial charge in [0.25, 0.3) is 5.91 Å². The second kappa shape index (κ2) is 7.17. The van der Waals surface area contributed by atoms with Crippen LogP contribution in [0.4, 0.5) is 4.79 Å². The van der Waals surface area contributed by atoms with Crippen molar-refractivity contribution in [3.63, 3.8) is 0 Å². The van der Waals surface area contributed by atoms with Gasteiger partial charge in [0.1, 0.15) is 5.54 Å². The lowest BCUT2D eigenvalue weighted by molar-refractivity contribution is -0.131. The SMILES string of the molecule is CCCn1c(C)cc(C(=O)CN2C(=O)NC3(CCCc4ccccc43)C2=O)c1C. The van der Waals surface area contributed by atoms with E-state index in [1.54, 1.807) is 0 Å². The zero-order valence-corrected chi connectivity index (χ0v) is 17.2. The molecule has 2 aliphatic rings. The molecule has 1 aromatic carbocycles. The highest BCUT2D eigenvalue weighted by Gasteiger charge is 2.54. The Morgan fingerprint density at radius 2 is 1.97 bits per heavy atom. The summed E-state index contributed by atoms with van der Waals surface area (Å²) in [5, 5.41) is 2.91. The fourth-order valence-corrected chi connectivity index (χ4v) is 4.83. The normalized spacial score (nSPS) is 20.9.